The summed E-state index contributed by atoms with van der Waals surface area (Å²) < 4.78 is 15.5. The van der Waals surface area contributed by atoms with Crippen LogP contribution in [0.1, 0.15) is 19.3 Å². The Bertz CT molecular complexity index is 206. The van der Waals surface area contributed by atoms with E-state index in [9.17, 15) is 0 Å². The highest BCUT2D eigenvalue weighted by atomic mass is 16.5. The summed E-state index contributed by atoms with van der Waals surface area (Å²) in [7, 11) is 1.66. The van der Waals surface area contributed by atoms with Crippen molar-refractivity contribution in [2.24, 2.45) is 5.41 Å². The molecule has 1 heterocycles. The largest absolute Gasteiger partial charge is 0.382 e. The van der Waals surface area contributed by atoms with Gasteiger partial charge in [0.15, 0.2) is 0 Å². The second-order valence-corrected chi connectivity index (χ2v) is 3.90. The van der Waals surface area contributed by atoms with E-state index in [1.54, 1.807) is 7.11 Å². The van der Waals surface area contributed by atoms with E-state index >= 15 is 0 Å². The monoisotopic (exact) mass is 213 g/mol. The van der Waals surface area contributed by atoms with E-state index < -0.39 is 0 Å². The topological polar surface area (TPSA) is 51.5 Å². The van der Waals surface area contributed by atoms with E-state index in [1.165, 1.54) is 0 Å². The van der Waals surface area contributed by atoms with E-state index in [0.717, 1.165) is 25.9 Å². The molecule has 0 saturated carbocycles. The smallest absolute Gasteiger partial charge is 0.0829 e. The molecular weight excluding hydrogens is 194 g/mol. The normalized spacial score (nSPS) is 25.3. The van der Waals surface area contributed by atoms with Gasteiger partial charge in [-0.05, 0) is 19.3 Å². The van der Waals surface area contributed by atoms with E-state index in [2.05, 4.69) is 6.07 Å². The lowest BCUT2D eigenvalue weighted by molar-refractivity contribution is 0.0648. The van der Waals surface area contributed by atoms with Gasteiger partial charge in [0.1, 0.15) is 0 Å². The third-order valence-corrected chi connectivity index (χ3v) is 2.72. The van der Waals surface area contributed by atoms with Gasteiger partial charge in [0.25, 0.3) is 0 Å². The minimum atomic E-state index is -0.245. The van der Waals surface area contributed by atoms with Gasteiger partial charge in [-0.2, -0.15) is 5.26 Å². The van der Waals surface area contributed by atoms with Crippen molar-refractivity contribution < 1.29 is 14.2 Å². The highest BCUT2D eigenvalue weighted by molar-refractivity contribution is 5.01. The molecule has 1 aliphatic rings. The maximum Gasteiger partial charge on any atom is 0.0829 e. The van der Waals surface area contributed by atoms with Gasteiger partial charge in [-0.25, -0.2) is 0 Å². The molecule has 1 fully saturated rings. The van der Waals surface area contributed by atoms with Crippen LogP contribution >= 0.6 is 0 Å². The van der Waals surface area contributed by atoms with Gasteiger partial charge >= 0.3 is 0 Å². The molecule has 15 heavy (non-hydrogen) atoms. The number of hydrogen-bond acceptors (Lipinski definition) is 4. The van der Waals surface area contributed by atoms with Crippen LogP contribution in [-0.2, 0) is 14.2 Å². The first kappa shape index (κ1) is 12.4. The van der Waals surface area contributed by atoms with Crippen LogP contribution in [0.3, 0.4) is 0 Å². The van der Waals surface area contributed by atoms with Crippen molar-refractivity contribution in [2.45, 2.75) is 19.3 Å². The molecule has 0 spiro atoms. The highest BCUT2D eigenvalue weighted by Gasteiger charge is 2.34. The third-order valence-electron chi connectivity index (χ3n) is 2.72. The molecular formula is C11H19NO3. The molecule has 0 amide bonds. The summed E-state index contributed by atoms with van der Waals surface area (Å²) in [5, 5.41) is 9.07. The van der Waals surface area contributed by atoms with Gasteiger partial charge in [-0.1, -0.05) is 0 Å². The minimum Gasteiger partial charge on any atom is -0.382 e. The maximum absolute atomic E-state index is 9.07. The van der Waals surface area contributed by atoms with Crippen LogP contribution in [0.2, 0.25) is 0 Å². The van der Waals surface area contributed by atoms with Crippen molar-refractivity contribution in [1.82, 2.24) is 0 Å². The maximum atomic E-state index is 9.07. The van der Waals surface area contributed by atoms with Crippen molar-refractivity contribution in [3.05, 3.63) is 0 Å². The van der Waals surface area contributed by atoms with Crippen LogP contribution in [0.5, 0.6) is 0 Å². The number of nitriles is 1. The summed E-state index contributed by atoms with van der Waals surface area (Å²) >= 11 is 0. The zero-order valence-electron chi connectivity index (χ0n) is 9.33. The first-order chi connectivity index (χ1) is 7.33. The summed E-state index contributed by atoms with van der Waals surface area (Å²) in [6, 6.07) is 2.37. The molecule has 0 aromatic carbocycles. The molecule has 1 aliphatic heterocycles. The van der Waals surface area contributed by atoms with E-state index in [-0.39, 0.29) is 5.41 Å². The van der Waals surface area contributed by atoms with Crippen LogP contribution in [0.25, 0.3) is 0 Å². The number of rotatable bonds is 7. The molecule has 0 N–H and O–H groups in total. The molecule has 1 rings (SSSR count). The Kier molecular flexibility index (Phi) is 5.62. The Morgan fingerprint density at radius 1 is 1.40 bits per heavy atom. The predicted molar refractivity (Wildman–Crippen MR) is 55.4 cm³/mol. The Hall–Kier alpha value is -0.630. The van der Waals surface area contributed by atoms with Crippen molar-refractivity contribution in [3.8, 4) is 6.07 Å². The summed E-state index contributed by atoms with van der Waals surface area (Å²) in [6.07, 6.45) is 2.65. The van der Waals surface area contributed by atoms with Crippen LogP contribution in [0.4, 0.5) is 0 Å². The molecule has 4 heteroatoms. The molecule has 0 radical (unpaired) electrons. The fourth-order valence-corrected chi connectivity index (χ4v) is 1.71. The molecule has 86 valence electrons. The van der Waals surface area contributed by atoms with Gasteiger partial charge in [0, 0.05) is 20.3 Å². The molecule has 1 unspecified atom stereocenters. The van der Waals surface area contributed by atoms with Crippen LogP contribution in [0, 0.1) is 16.7 Å². The Morgan fingerprint density at radius 3 is 2.87 bits per heavy atom. The first-order valence-corrected chi connectivity index (χ1v) is 5.39. The lowest BCUT2D eigenvalue weighted by Crippen LogP contribution is -2.19. The predicted octanol–water partition coefficient (Wildman–Crippen LogP) is 1.36. The quantitative estimate of drug-likeness (QED) is 0.599. The van der Waals surface area contributed by atoms with Crippen molar-refractivity contribution in [2.75, 3.05) is 40.1 Å². The molecule has 0 aromatic heterocycles. The lowest BCUT2D eigenvalue weighted by atomic mass is 9.84. The Morgan fingerprint density at radius 2 is 2.27 bits per heavy atom. The molecule has 1 saturated heterocycles. The van der Waals surface area contributed by atoms with Gasteiger partial charge in [-0.3, -0.25) is 0 Å². The average molecular weight is 213 g/mol. The summed E-state index contributed by atoms with van der Waals surface area (Å²) in [6.45, 7) is 3.27. The SMILES string of the molecule is COCCOCCCC1(C#N)CCOC1. The minimum absolute atomic E-state index is 0.245. The van der Waals surface area contributed by atoms with Gasteiger partial charge < -0.3 is 14.2 Å². The van der Waals surface area contributed by atoms with E-state index in [0.29, 0.717) is 26.4 Å². The fourth-order valence-electron chi connectivity index (χ4n) is 1.71. The van der Waals surface area contributed by atoms with Crippen LogP contribution < -0.4 is 0 Å². The third kappa shape index (κ3) is 4.17. The van der Waals surface area contributed by atoms with Crippen LogP contribution in [-0.4, -0.2) is 40.1 Å². The van der Waals surface area contributed by atoms with Crippen molar-refractivity contribution in [3.63, 3.8) is 0 Å². The van der Waals surface area contributed by atoms with Crippen molar-refractivity contribution in [1.29, 1.82) is 5.26 Å². The number of ether oxygens (including phenoxy) is 3. The number of nitrogens with zero attached hydrogens (tertiary/aromatic N) is 1. The zero-order valence-corrected chi connectivity index (χ0v) is 9.33. The van der Waals surface area contributed by atoms with Gasteiger partial charge in [-0.15, -0.1) is 0 Å². The lowest BCUT2D eigenvalue weighted by Gasteiger charge is -2.17. The highest BCUT2D eigenvalue weighted by Crippen LogP contribution is 2.32. The van der Waals surface area contributed by atoms with Gasteiger partial charge in [0.05, 0.1) is 31.3 Å². The molecule has 1 atom stereocenters. The molecule has 0 aliphatic carbocycles. The van der Waals surface area contributed by atoms with E-state index in [4.69, 9.17) is 19.5 Å². The van der Waals surface area contributed by atoms with Crippen molar-refractivity contribution >= 4 is 0 Å². The summed E-state index contributed by atoms with van der Waals surface area (Å²) in [5.41, 5.74) is -0.245. The Balaban J connectivity index is 2.06. The number of hydrogen-bond donors (Lipinski definition) is 0. The zero-order chi connectivity index (χ0) is 11.0. The first-order valence-electron chi connectivity index (χ1n) is 5.39. The molecule has 0 aromatic rings. The standard InChI is InChI=1S/C11H19NO3/c1-13-7-8-14-5-2-3-11(9-12)4-6-15-10-11/h2-8,10H2,1H3. The summed E-state index contributed by atoms with van der Waals surface area (Å²) in [5.74, 6) is 0. The average Bonchev–Trinajstić information content (AvgIpc) is 2.73. The molecule has 0 bridgehead atoms. The summed E-state index contributed by atoms with van der Waals surface area (Å²) in [4.78, 5) is 0. The second-order valence-electron chi connectivity index (χ2n) is 3.90. The fraction of sp³-hybridized carbons (Fsp3) is 0.909. The van der Waals surface area contributed by atoms with Crippen LogP contribution in [0.15, 0.2) is 0 Å². The second kappa shape index (κ2) is 6.78. The molecule has 4 nitrogen and oxygen atoms in total. The van der Waals surface area contributed by atoms with Gasteiger partial charge in [0.2, 0.25) is 0 Å². The number of methoxy groups -OCH3 is 1. The van der Waals surface area contributed by atoms with E-state index in [1.807, 2.05) is 0 Å². The Labute approximate surface area is 91.1 Å².